The van der Waals surface area contributed by atoms with Gasteiger partial charge >= 0.3 is 0 Å². The van der Waals surface area contributed by atoms with Gasteiger partial charge in [-0.15, -0.1) is 11.3 Å². The lowest BCUT2D eigenvalue weighted by Crippen LogP contribution is -1.96. The smallest absolute Gasteiger partial charge is 0.125 e. The Kier molecular flexibility index (Phi) is 4.25. The monoisotopic (exact) mass is 390 g/mol. The van der Waals surface area contributed by atoms with Gasteiger partial charge in [-0.1, -0.05) is 6.42 Å². The van der Waals surface area contributed by atoms with Crippen LogP contribution in [0.4, 0.5) is 4.39 Å². The van der Waals surface area contributed by atoms with E-state index in [-0.39, 0.29) is 5.82 Å². The van der Waals surface area contributed by atoms with E-state index >= 15 is 0 Å². The van der Waals surface area contributed by atoms with Gasteiger partial charge in [0.2, 0.25) is 0 Å². The lowest BCUT2D eigenvalue weighted by Gasteiger charge is -2.04. The van der Waals surface area contributed by atoms with Crippen LogP contribution >= 0.6 is 11.3 Å². The van der Waals surface area contributed by atoms with Crippen molar-refractivity contribution in [3.8, 4) is 11.1 Å². The number of benzene rings is 1. The molecule has 0 spiro atoms. The highest BCUT2D eigenvalue weighted by Crippen LogP contribution is 2.38. The Morgan fingerprint density at radius 3 is 2.93 bits per heavy atom. The highest BCUT2D eigenvalue weighted by molar-refractivity contribution is 7.15. The molecule has 0 radical (unpaired) electrons. The van der Waals surface area contributed by atoms with Crippen LogP contribution in [-0.2, 0) is 19.4 Å². The number of fused-ring (bicyclic) bond motifs is 2. The number of aryl methyl sites for hydroxylation is 1. The normalized spacial score (nSPS) is 14.0. The van der Waals surface area contributed by atoms with Crippen LogP contribution in [0.3, 0.4) is 0 Å². The van der Waals surface area contributed by atoms with E-state index in [1.807, 2.05) is 21.4 Å². The van der Waals surface area contributed by atoms with Crippen molar-refractivity contribution in [1.82, 2.24) is 14.1 Å². The summed E-state index contributed by atoms with van der Waals surface area (Å²) in [5.74, 6) is -0.266. The Morgan fingerprint density at radius 1 is 1.21 bits per heavy atom. The van der Waals surface area contributed by atoms with Crippen molar-refractivity contribution in [3.63, 3.8) is 0 Å². The van der Waals surface area contributed by atoms with Crippen molar-refractivity contribution < 1.29 is 4.39 Å². The number of imidazole rings is 1. The summed E-state index contributed by atoms with van der Waals surface area (Å²) in [6.45, 7) is 0.655. The van der Waals surface area contributed by atoms with E-state index in [0.29, 0.717) is 6.54 Å². The molecule has 4 aromatic rings. The van der Waals surface area contributed by atoms with Gasteiger partial charge in [-0.05, 0) is 55.0 Å². The third kappa shape index (κ3) is 2.83. The molecule has 0 amide bonds. The zero-order chi connectivity index (χ0) is 19.1. The van der Waals surface area contributed by atoms with Crippen molar-refractivity contribution >= 4 is 22.2 Å². The van der Waals surface area contributed by atoms with Gasteiger partial charge in [-0.2, -0.15) is 5.26 Å². The summed E-state index contributed by atoms with van der Waals surface area (Å²) in [5, 5.41) is 11.8. The Morgan fingerprint density at radius 2 is 2.11 bits per heavy atom. The SMILES string of the molecule is N#Cc1c(-n2cc(Cn3ccnc3)c3ccc(F)cc32)sc2c1CCCCC2. The fourth-order valence-corrected chi connectivity index (χ4v) is 5.48. The van der Waals surface area contributed by atoms with Crippen molar-refractivity contribution in [2.24, 2.45) is 0 Å². The molecule has 0 bridgehead atoms. The number of aromatic nitrogens is 3. The number of hydrogen-bond donors (Lipinski definition) is 0. The van der Waals surface area contributed by atoms with E-state index in [1.54, 1.807) is 29.9 Å². The summed E-state index contributed by atoms with van der Waals surface area (Å²) in [6, 6.07) is 7.34. The molecule has 140 valence electrons. The summed E-state index contributed by atoms with van der Waals surface area (Å²) in [6.07, 6.45) is 13.0. The van der Waals surface area contributed by atoms with Crippen LogP contribution in [0, 0.1) is 17.1 Å². The van der Waals surface area contributed by atoms with Crippen LogP contribution in [-0.4, -0.2) is 14.1 Å². The molecule has 0 saturated carbocycles. The van der Waals surface area contributed by atoms with E-state index in [1.165, 1.54) is 29.3 Å². The maximum Gasteiger partial charge on any atom is 0.125 e. The van der Waals surface area contributed by atoms with Gasteiger partial charge in [0.1, 0.15) is 16.9 Å². The predicted molar refractivity (Wildman–Crippen MR) is 108 cm³/mol. The Bertz CT molecular complexity index is 1190. The molecule has 6 heteroatoms. The highest BCUT2D eigenvalue weighted by atomic mass is 32.1. The number of halogens is 1. The summed E-state index contributed by atoms with van der Waals surface area (Å²) < 4.78 is 18.1. The van der Waals surface area contributed by atoms with Crippen LogP contribution in [0.1, 0.15) is 40.8 Å². The molecule has 0 unspecified atom stereocenters. The van der Waals surface area contributed by atoms with Crippen molar-refractivity contribution in [2.75, 3.05) is 0 Å². The molecule has 0 N–H and O–H groups in total. The lowest BCUT2D eigenvalue weighted by atomic mass is 10.1. The summed E-state index contributed by atoms with van der Waals surface area (Å²) >= 11 is 1.69. The van der Waals surface area contributed by atoms with E-state index in [2.05, 4.69) is 17.3 Å². The first-order valence-electron chi connectivity index (χ1n) is 9.55. The molecule has 4 nitrogen and oxygen atoms in total. The second-order valence-electron chi connectivity index (χ2n) is 7.28. The van der Waals surface area contributed by atoms with Crippen LogP contribution in [0.5, 0.6) is 0 Å². The van der Waals surface area contributed by atoms with Crippen LogP contribution in [0.15, 0.2) is 43.1 Å². The minimum atomic E-state index is -0.266. The van der Waals surface area contributed by atoms with Gasteiger partial charge in [0.25, 0.3) is 0 Å². The molecule has 28 heavy (non-hydrogen) atoms. The van der Waals surface area contributed by atoms with Gasteiger partial charge in [0, 0.05) is 28.9 Å². The third-order valence-electron chi connectivity index (χ3n) is 5.50. The average molecular weight is 390 g/mol. The molecule has 5 rings (SSSR count). The first-order chi connectivity index (χ1) is 13.7. The van der Waals surface area contributed by atoms with Gasteiger partial charge in [-0.3, -0.25) is 0 Å². The molecule has 1 aromatic carbocycles. The van der Waals surface area contributed by atoms with E-state index < -0.39 is 0 Å². The maximum absolute atomic E-state index is 14.1. The molecule has 3 aromatic heterocycles. The maximum atomic E-state index is 14.1. The molecule has 0 saturated heterocycles. The van der Waals surface area contributed by atoms with Gasteiger partial charge in [0.15, 0.2) is 0 Å². The minimum absolute atomic E-state index is 0.266. The number of rotatable bonds is 3. The quantitative estimate of drug-likeness (QED) is 0.451. The van der Waals surface area contributed by atoms with E-state index in [4.69, 9.17) is 0 Å². The Hall–Kier alpha value is -2.91. The van der Waals surface area contributed by atoms with Gasteiger partial charge < -0.3 is 9.13 Å². The van der Waals surface area contributed by atoms with Crippen molar-refractivity contribution in [1.29, 1.82) is 5.26 Å². The average Bonchev–Trinajstić information content (AvgIpc) is 3.36. The first kappa shape index (κ1) is 17.2. The molecular formula is C22H19FN4S. The highest BCUT2D eigenvalue weighted by Gasteiger charge is 2.22. The van der Waals surface area contributed by atoms with Crippen molar-refractivity contribution in [2.45, 2.75) is 38.6 Å². The summed E-state index contributed by atoms with van der Waals surface area (Å²) in [5.41, 5.74) is 3.86. The van der Waals surface area contributed by atoms with Crippen LogP contribution < -0.4 is 0 Å². The summed E-state index contributed by atoms with van der Waals surface area (Å²) in [7, 11) is 0. The first-order valence-corrected chi connectivity index (χ1v) is 10.4. The summed E-state index contributed by atoms with van der Waals surface area (Å²) in [4.78, 5) is 5.43. The molecular weight excluding hydrogens is 371 g/mol. The lowest BCUT2D eigenvalue weighted by molar-refractivity contribution is 0.629. The van der Waals surface area contributed by atoms with Gasteiger partial charge in [0.05, 0.1) is 24.0 Å². The molecule has 0 atom stereocenters. The fraction of sp³-hybridized carbons (Fsp3) is 0.273. The standard InChI is InChI=1S/C22H19FN4S/c23-16-6-7-17-15(12-26-9-8-25-14-26)13-27(20(17)10-16)22-19(11-24)18-4-2-1-3-5-21(18)28-22/h6-10,13-14H,1-5,12H2. The molecule has 0 fully saturated rings. The molecule has 3 heterocycles. The topological polar surface area (TPSA) is 46.5 Å². The third-order valence-corrected chi connectivity index (χ3v) is 6.79. The minimum Gasteiger partial charge on any atom is -0.333 e. The Labute approximate surface area is 166 Å². The van der Waals surface area contributed by atoms with Gasteiger partial charge in [-0.25, -0.2) is 9.37 Å². The molecule has 1 aliphatic carbocycles. The largest absolute Gasteiger partial charge is 0.333 e. The zero-order valence-electron chi connectivity index (χ0n) is 15.4. The fourth-order valence-electron chi connectivity index (χ4n) is 4.15. The number of hydrogen-bond acceptors (Lipinski definition) is 3. The molecule has 1 aliphatic rings. The molecule has 0 aliphatic heterocycles. The number of thiophene rings is 1. The van der Waals surface area contributed by atoms with E-state index in [9.17, 15) is 9.65 Å². The van der Waals surface area contributed by atoms with Crippen LogP contribution in [0.25, 0.3) is 15.9 Å². The predicted octanol–water partition coefficient (Wildman–Crippen LogP) is 5.22. The number of nitrogens with zero attached hydrogens (tertiary/aromatic N) is 4. The number of nitriles is 1. The zero-order valence-corrected chi connectivity index (χ0v) is 16.2. The second kappa shape index (κ2) is 6.92. The Balaban J connectivity index is 1.71. The van der Waals surface area contributed by atoms with Crippen molar-refractivity contribution in [3.05, 3.63) is 70.5 Å². The van der Waals surface area contributed by atoms with Crippen LogP contribution in [0.2, 0.25) is 0 Å². The second-order valence-corrected chi connectivity index (χ2v) is 8.36. The van der Waals surface area contributed by atoms with E-state index in [0.717, 1.165) is 46.3 Å².